The van der Waals surface area contributed by atoms with E-state index in [1.165, 1.54) is 93.9 Å². The lowest BCUT2D eigenvalue weighted by atomic mass is 9.81. The van der Waals surface area contributed by atoms with Crippen LogP contribution in [0.2, 0.25) is 0 Å². The summed E-state index contributed by atoms with van der Waals surface area (Å²) in [5, 5.41) is 5.21. The molecule has 0 bridgehead atoms. The Morgan fingerprint density at radius 1 is 0.404 bits per heavy atom. The van der Waals surface area contributed by atoms with Gasteiger partial charge in [-0.25, -0.2) is 0 Å². The lowest BCUT2D eigenvalue weighted by Crippen LogP contribution is -2.15. The zero-order valence-corrected chi connectivity index (χ0v) is 26.4. The topological polar surface area (TPSA) is 12.9 Å². The van der Waals surface area contributed by atoms with Gasteiger partial charge >= 0.3 is 0 Å². The van der Waals surface area contributed by atoms with Crippen molar-refractivity contribution in [3.63, 3.8) is 0 Å². The summed E-state index contributed by atoms with van der Waals surface area (Å²) in [7, 11) is 0. The molecule has 1 aromatic heterocycles. The van der Waals surface area contributed by atoms with Crippen LogP contribution in [0.1, 0.15) is 25.0 Å². The van der Waals surface area contributed by atoms with Gasteiger partial charge in [-0.2, -0.15) is 0 Å². The second kappa shape index (κ2) is 9.61. The van der Waals surface area contributed by atoms with Gasteiger partial charge in [-0.1, -0.05) is 147 Å². The van der Waals surface area contributed by atoms with E-state index in [1.807, 2.05) is 6.20 Å². The molecule has 2 aliphatic carbocycles. The van der Waals surface area contributed by atoms with Crippen molar-refractivity contribution in [1.29, 1.82) is 0 Å². The first-order valence-corrected chi connectivity index (χ1v) is 16.5. The summed E-state index contributed by atoms with van der Waals surface area (Å²) in [5.41, 5.74) is 17.9. The molecule has 1 heterocycles. The molecule has 1 nitrogen and oxygen atoms in total. The zero-order chi connectivity index (χ0) is 31.3. The Hall–Kier alpha value is -5.79. The molecule has 220 valence electrons. The molecule has 0 radical (unpaired) electrons. The minimum Gasteiger partial charge on any atom is -0.256 e. The molecule has 10 rings (SSSR count). The summed E-state index contributed by atoms with van der Waals surface area (Å²) in [6.07, 6.45) is 1.91. The van der Waals surface area contributed by atoms with Crippen molar-refractivity contribution in [1.82, 2.24) is 4.98 Å². The number of rotatable bonds is 3. The third-order valence-corrected chi connectivity index (χ3v) is 10.7. The highest BCUT2D eigenvalue weighted by molar-refractivity contribution is 6.28. The van der Waals surface area contributed by atoms with Crippen LogP contribution < -0.4 is 0 Å². The fourth-order valence-corrected chi connectivity index (χ4v) is 8.57. The lowest BCUT2D eigenvalue weighted by Gasteiger charge is -2.22. The maximum absolute atomic E-state index is 4.79. The van der Waals surface area contributed by atoms with Gasteiger partial charge in [0, 0.05) is 17.2 Å². The fourth-order valence-electron chi connectivity index (χ4n) is 8.57. The minimum atomic E-state index is -0.102. The summed E-state index contributed by atoms with van der Waals surface area (Å²) >= 11 is 0. The smallest absolute Gasteiger partial charge is 0.0745 e. The minimum absolute atomic E-state index is 0.102. The van der Waals surface area contributed by atoms with Crippen LogP contribution >= 0.6 is 0 Å². The number of benzene rings is 7. The normalized spacial score (nSPS) is 13.5. The number of aromatic nitrogens is 1. The lowest BCUT2D eigenvalue weighted by molar-refractivity contribution is 0.659. The molecular formula is C46H31N. The molecule has 0 atom stereocenters. The van der Waals surface area contributed by atoms with Gasteiger partial charge in [-0.3, -0.25) is 4.98 Å². The summed E-state index contributed by atoms with van der Waals surface area (Å²) in [6.45, 7) is 4.66. The predicted octanol–water partition coefficient (Wildman–Crippen LogP) is 12.3. The average Bonchev–Trinajstić information content (AvgIpc) is 3.57. The molecule has 0 saturated heterocycles. The molecular weight excluding hydrogens is 567 g/mol. The Bertz CT molecular complexity index is 2480. The van der Waals surface area contributed by atoms with Crippen molar-refractivity contribution in [3.8, 4) is 66.9 Å². The molecule has 8 aromatic rings. The standard InChI is InChI=1S/C46H31N/c1-46(2)38-21-12-26-47-45(38)35-23-22-30(27-39(35)46)31-24-25-37-42-32(31)19-11-20-36(42)43-40(28-13-5-3-6-14-28)33-17-9-10-18-34(33)41(44(37)43)29-15-7-4-8-16-29/h3-27H,1-2H3. The Morgan fingerprint density at radius 2 is 0.979 bits per heavy atom. The number of hydrogen-bond acceptors (Lipinski definition) is 1. The van der Waals surface area contributed by atoms with Gasteiger partial charge in [0.1, 0.15) is 0 Å². The predicted molar refractivity (Wildman–Crippen MR) is 198 cm³/mol. The number of hydrogen-bond donors (Lipinski definition) is 0. The Labute approximate surface area is 274 Å². The Balaban J connectivity index is 1.29. The van der Waals surface area contributed by atoms with Gasteiger partial charge in [0.25, 0.3) is 0 Å². The molecule has 0 fully saturated rings. The van der Waals surface area contributed by atoms with Crippen molar-refractivity contribution in [2.75, 3.05) is 0 Å². The molecule has 0 amide bonds. The van der Waals surface area contributed by atoms with Crippen LogP contribution in [0.3, 0.4) is 0 Å². The molecule has 0 N–H and O–H groups in total. The van der Waals surface area contributed by atoms with E-state index in [4.69, 9.17) is 4.98 Å². The summed E-state index contributed by atoms with van der Waals surface area (Å²) in [5.74, 6) is 0. The van der Waals surface area contributed by atoms with E-state index < -0.39 is 0 Å². The van der Waals surface area contributed by atoms with Crippen LogP contribution in [0.5, 0.6) is 0 Å². The van der Waals surface area contributed by atoms with E-state index in [1.54, 1.807) is 0 Å². The highest BCUT2D eigenvalue weighted by atomic mass is 14.7. The SMILES string of the molecule is CC1(C)c2cc(-c3ccc4c5c(cccc35)-c3c-4c(-c4ccccc4)c4ccccc4c3-c3ccccc3)ccc2-c2ncccc21. The van der Waals surface area contributed by atoms with Crippen LogP contribution in [0.15, 0.2) is 152 Å². The summed E-state index contributed by atoms with van der Waals surface area (Å²) < 4.78 is 0. The van der Waals surface area contributed by atoms with E-state index in [0.717, 1.165) is 5.69 Å². The first-order valence-electron chi connectivity index (χ1n) is 16.5. The van der Waals surface area contributed by atoms with E-state index >= 15 is 0 Å². The monoisotopic (exact) mass is 597 g/mol. The molecule has 2 aliphatic rings. The van der Waals surface area contributed by atoms with Gasteiger partial charge in [-0.05, 0) is 100 Å². The van der Waals surface area contributed by atoms with Gasteiger partial charge < -0.3 is 0 Å². The zero-order valence-electron chi connectivity index (χ0n) is 26.4. The van der Waals surface area contributed by atoms with Crippen LogP contribution in [-0.2, 0) is 5.41 Å². The van der Waals surface area contributed by atoms with Gasteiger partial charge in [0.2, 0.25) is 0 Å². The highest BCUT2D eigenvalue weighted by Crippen LogP contribution is 2.58. The van der Waals surface area contributed by atoms with Crippen LogP contribution in [0.4, 0.5) is 0 Å². The number of pyridine rings is 1. The van der Waals surface area contributed by atoms with Gasteiger partial charge in [0.15, 0.2) is 0 Å². The van der Waals surface area contributed by atoms with Crippen LogP contribution in [0.25, 0.3) is 88.4 Å². The second-order valence-corrected chi connectivity index (χ2v) is 13.5. The quantitative estimate of drug-likeness (QED) is 0.197. The maximum atomic E-state index is 4.79. The van der Waals surface area contributed by atoms with Crippen molar-refractivity contribution in [2.45, 2.75) is 19.3 Å². The molecule has 1 heteroatoms. The first-order chi connectivity index (χ1) is 23.1. The van der Waals surface area contributed by atoms with Crippen LogP contribution in [-0.4, -0.2) is 4.98 Å². The van der Waals surface area contributed by atoms with Gasteiger partial charge in [0.05, 0.1) is 5.69 Å². The molecule has 0 aliphatic heterocycles. The molecule has 0 spiro atoms. The Kier molecular flexibility index (Phi) is 5.40. The van der Waals surface area contributed by atoms with Crippen molar-refractivity contribution in [2.24, 2.45) is 0 Å². The third kappa shape index (κ3) is 3.57. The van der Waals surface area contributed by atoms with Gasteiger partial charge in [-0.15, -0.1) is 0 Å². The first kappa shape index (κ1) is 26.4. The number of fused-ring (bicyclic) bond motifs is 7. The molecule has 47 heavy (non-hydrogen) atoms. The van der Waals surface area contributed by atoms with Crippen molar-refractivity contribution < 1.29 is 0 Å². The molecule has 0 saturated carbocycles. The highest BCUT2D eigenvalue weighted by Gasteiger charge is 2.37. The van der Waals surface area contributed by atoms with E-state index in [2.05, 4.69) is 159 Å². The summed E-state index contributed by atoms with van der Waals surface area (Å²) in [4.78, 5) is 4.79. The van der Waals surface area contributed by atoms with Crippen LogP contribution in [0, 0.1) is 0 Å². The van der Waals surface area contributed by atoms with Crippen molar-refractivity contribution in [3.05, 3.63) is 163 Å². The van der Waals surface area contributed by atoms with Crippen molar-refractivity contribution >= 4 is 21.5 Å². The fraction of sp³-hybridized carbons (Fsp3) is 0.0652. The Morgan fingerprint density at radius 3 is 1.66 bits per heavy atom. The molecule has 0 unspecified atom stereocenters. The van der Waals surface area contributed by atoms with E-state index in [0.29, 0.717) is 0 Å². The van der Waals surface area contributed by atoms with E-state index in [-0.39, 0.29) is 5.41 Å². The second-order valence-electron chi connectivity index (χ2n) is 13.5. The summed E-state index contributed by atoms with van der Waals surface area (Å²) in [6, 6.07) is 53.8. The third-order valence-electron chi connectivity index (χ3n) is 10.7. The average molecular weight is 598 g/mol. The maximum Gasteiger partial charge on any atom is 0.0745 e. The largest absolute Gasteiger partial charge is 0.256 e. The van der Waals surface area contributed by atoms with E-state index in [9.17, 15) is 0 Å². The molecule has 7 aromatic carbocycles. The number of nitrogens with zero attached hydrogens (tertiary/aromatic N) is 1.